The van der Waals surface area contributed by atoms with E-state index in [1.165, 1.54) is 0 Å². The summed E-state index contributed by atoms with van der Waals surface area (Å²) in [4.78, 5) is 16.3. The van der Waals surface area contributed by atoms with Crippen molar-refractivity contribution in [3.8, 4) is 0 Å². The number of carbonyl (C=O) groups excluding carboxylic acids is 1. The first-order valence-electron chi connectivity index (χ1n) is 6.36. The molecule has 4 nitrogen and oxygen atoms in total. The van der Waals surface area contributed by atoms with E-state index < -0.39 is 0 Å². The monoisotopic (exact) mass is 227 g/mol. The first-order chi connectivity index (χ1) is 7.69. The molecule has 0 bridgehead atoms. The molecule has 0 unspecified atom stereocenters. The predicted molar refractivity (Wildman–Crippen MR) is 66.1 cm³/mol. The molecule has 1 amide bonds. The lowest BCUT2D eigenvalue weighted by Crippen LogP contribution is -2.42. The Balaban J connectivity index is 2.32. The van der Waals surface area contributed by atoms with E-state index >= 15 is 0 Å². The van der Waals surface area contributed by atoms with Gasteiger partial charge in [0.1, 0.15) is 0 Å². The minimum absolute atomic E-state index is 0.241. The molecule has 16 heavy (non-hydrogen) atoms. The highest BCUT2D eigenvalue weighted by Crippen LogP contribution is 2.18. The molecule has 1 aliphatic rings. The van der Waals surface area contributed by atoms with E-state index in [4.69, 9.17) is 5.73 Å². The van der Waals surface area contributed by atoms with Crippen molar-refractivity contribution >= 4 is 5.91 Å². The van der Waals surface area contributed by atoms with Gasteiger partial charge in [0.05, 0.1) is 0 Å². The number of carbonyl (C=O) groups is 1. The Kier molecular flexibility index (Phi) is 5.77. The predicted octanol–water partition coefficient (Wildman–Crippen LogP) is 0.526. The molecule has 4 heteroatoms. The third-order valence-corrected chi connectivity index (χ3v) is 3.32. The van der Waals surface area contributed by atoms with Gasteiger partial charge in [0.25, 0.3) is 0 Å². The first-order valence-corrected chi connectivity index (χ1v) is 6.36. The van der Waals surface area contributed by atoms with Crippen LogP contribution >= 0.6 is 0 Å². The van der Waals surface area contributed by atoms with Crippen LogP contribution in [0.25, 0.3) is 0 Å². The Hall–Kier alpha value is -0.610. The third kappa shape index (κ3) is 3.76. The van der Waals surface area contributed by atoms with Crippen LogP contribution in [0.15, 0.2) is 0 Å². The summed E-state index contributed by atoms with van der Waals surface area (Å²) >= 11 is 0. The Morgan fingerprint density at radius 3 is 2.56 bits per heavy atom. The molecular formula is C12H25N3O. The van der Waals surface area contributed by atoms with Crippen molar-refractivity contribution in [3.63, 3.8) is 0 Å². The molecule has 1 aliphatic heterocycles. The van der Waals surface area contributed by atoms with Crippen LogP contribution in [0, 0.1) is 5.92 Å². The number of piperidine rings is 1. The van der Waals surface area contributed by atoms with Gasteiger partial charge < -0.3 is 15.5 Å². The number of likely N-dealkylation sites (tertiary alicyclic amines) is 1. The Morgan fingerprint density at radius 2 is 2.06 bits per heavy atom. The van der Waals surface area contributed by atoms with Crippen LogP contribution in [0.4, 0.5) is 0 Å². The zero-order valence-corrected chi connectivity index (χ0v) is 10.6. The Morgan fingerprint density at radius 1 is 1.44 bits per heavy atom. The molecule has 1 saturated heterocycles. The molecule has 94 valence electrons. The Bertz CT molecular complexity index is 212. The summed E-state index contributed by atoms with van der Waals surface area (Å²) in [6.45, 7) is 6.71. The minimum Gasteiger partial charge on any atom is -0.346 e. The largest absolute Gasteiger partial charge is 0.346 e. The third-order valence-electron chi connectivity index (χ3n) is 3.32. The maximum Gasteiger partial charge on any atom is 0.225 e. The van der Waals surface area contributed by atoms with Crippen LogP contribution in [0.2, 0.25) is 0 Å². The van der Waals surface area contributed by atoms with Gasteiger partial charge in [-0.1, -0.05) is 6.92 Å². The highest BCUT2D eigenvalue weighted by molar-refractivity contribution is 5.78. The van der Waals surface area contributed by atoms with Gasteiger partial charge in [-0.05, 0) is 32.4 Å². The van der Waals surface area contributed by atoms with Crippen LogP contribution in [-0.4, -0.2) is 55.5 Å². The molecule has 0 radical (unpaired) electrons. The Labute approximate surface area is 98.8 Å². The van der Waals surface area contributed by atoms with Crippen molar-refractivity contribution < 1.29 is 4.79 Å². The fourth-order valence-corrected chi connectivity index (χ4v) is 2.34. The second-order valence-corrected chi connectivity index (χ2v) is 4.66. The molecular weight excluding hydrogens is 202 g/mol. The van der Waals surface area contributed by atoms with Crippen LogP contribution < -0.4 is 5.73 Å². The highest BCUT2D eigenvalue weighted by atomic mass is 16.2. The summed E-state index contributed by atoms with van der Waals surface area (Å²) in [5.41, 5.74) is 5.52. The van der Waals surface area contributed by atoms with E-state index in [0.29, 0.717) is 12.5 Å². The zero-order valence-electron chi connectivity index (χ0n) is 10.6. The zero-order chi connectivity index (χ0) is 12.0. The van der Waals surface area contributed by atoms with Crippen molar-refractivity contribution in [2.45, 2.75) is 26.2 Å². The molecule has 1 fully saturated rings. The average Bonchev–Trinajstić information content (AvgIpc) is 2.30. The van der Waals surface area contributed by atoms with Gasteiger partial charge >= 0.3 is 0 Å². The fraction of sp³-hybridized carbons (Fsp3) is 0.917. The lowest BCUT2D eigenvalue weighted by Gasteiger charge is -2.32. The van der Waals surface area contributed by atoms with Crippen LogP contribution in [0.5, 0.6) is 0 Å². The SMILES string of the molecule is CCCN(C)C(=O)C1CCN(CCN)CC1. The summed E-state index contributed by atoms with van der Waals surface area (Å²) in [7, 11) is 1.91. The number of nitrogens with two attached hydrogens (primary N) is 1. The number of hydrogen-bond donors (Lipinski definition) is 1. The molecule has 0 aromatic carbocycles. The topological polar surface area (TPSA) is 49.6 Å². The van der Waals surface area contributed by atoms with Gasteiger partial charge in [0, 0.05) is 32.6 Å². The smallest absolute Gasteiger partial charge is 0.225 e. The molecule has 0 atom stereocenters. The average molecular weight is 227 g/mol. The molecule has 1 rings (SSSR count). The standard InChI is InChI=1S/C12H25N3O/c1-3-7-14(2)12(16)11-4-8-15(9-5-11)10-6-13/h11H,3-10,13H2,1-2H3. The maximum absolute atomic E-state index is 12.0. The molecule has 0 aromatic rings. The van der Waals surface area contributed by atoms with Crippen molar-refractivity contribution in [1.82, 2.24) is 9.80 Å². The number of amides is 1. The fourth-order valence-electron chi connectivity index (χ4n) is 2.34. The van der Waals surface area contributed by atoms with Gasteiger partial charge in [-0.3, -0.25) is 4.79 Å². The summed E-state index contributed by atoms with van der Waals surface area (Å²) in [5.74, 6) is 0.569. The molecule has 0 saturated carbocycles. The highest BCUT2D eigenvalue weighted by Gasteiger charge is 2.26. The normalized spacial score (nSPS) is 18.7. The van der Waals surface area contributed by atoms with Gasteiger partial charge in [-0.25, -0.2) is 0 Å². The second kappa shape index (κ2) is 6.86. The molecule has 0 spiro atoms. The lowest BCUT2D eigenvalue weighted by molar-refractivity contribution is -0.135. The lowest BCUT2D eigenvalue weighted by atomic mass is 9.95. The van der Waals surface area contributed by atoms with Crippen LogP contribution in [0.3, 0.4) is 0 Å². The number of rotatable bonds is 5. The van der Waals surface area contributed by atoms with Crippen molar-refractivity contribution in [2.75, 3.05) is 39.8 Å². The van der Waals surface area contributed by atoms with Gasteiger partial charge in [-0.15, -0.1) is 0 Å². The number of hydrogen-bond acceptors (Lipinski definition) is 3. The first kappa shape index (κ1) is 13.5. The van der Waals surface area contributed by atoms with E-state index in [0.717, 1.165) is 45.4 Å². The molecule has 0 aliphatic carbocycles. The van der Waals surface area contributed by atoms with Gasteiger partial charge in [-0.2, -0.15) is 0 Å². The maximum atomic E-state index is 12.0. The molecule has 0 aromatic heterocycles. The second-order valence-electron chi connectivity index (χ2n) is 4.66. The summed E-state index contributed by atoms with van der Waals surface area (Å²) < 4.78 is 0. The van der Waals surface area contributed by atoms with Crippen LogP contribution in [0.1, 0.15) is 26.2 Å². The van der Waals surface area contributed by atoms with E-state index in [1.54, 1.807) is 0 Å². The van der Waals surface area contributed by atoms with E-state index in [1.807, 2.05) is 11.9 Å². The van der Waals surface area contributed by atoms with Crippen molar-refractivity contribution in [2.24, 2.45) is 11.7 Å². The van der Waals surface area contributed by atoms with E-state index in [-0.39, 0.29) is 5.92 Å². The van der Waals surface area contributed by atoms with Crippen LogP contribution in [-0.2, 0) is 4.79 Å². The van der Waals surface area contributed by atoms with Gasteiger partial charge in [0.15, 0.2) is 0 Å². The molecule has 1 heterocycles. The summed E-state index contributed by atoms with van der Waals surface area (Å²) in [5, 5.41) is 0. The minimum atomic E-state index is 0.241. The van der Waals surface area contributed by atoms with E-state index in [2.05, 4.69) is 11.8 Å². The summed E-state index contributed by atoms with van der Waals surface area (Å²) in [6, 6.07) is 0. The van der Waals surface area contributed by atoms with Crippen molar-refractivity contribution in [1.29, 1.82) is 0 Å². The van der Waals surface area contributed by atoms with E-state index in [9.17, 15) is 4.79 Å². The number of nitrogens with zero attached hydrogens (tertiary/aromatic N) is 2. The summed E-state index contributed by atoms with van der Waals surface area (Å²) in [6.07, 6.45) is 3.02. The molecule has 2 N–H and O–H groups in total. The van der Waals surface area contributed by atoms with Crippen molar-refractivity contribution in [3.05, 3.63) is 0 Å². The van der Waals surface area contributed by atoms with Gasteiger partial charge in [0.2, 0.25) is 5.91 Å². The quantitative estimate of drug-likeness (QED) is 0.745.